The smallest absolute Gasteiger partial charge is 0.112 e. The van der Waals surface area contributed by atoms with E-state index in [-0.39, 0.29) is 5.54 Å². The summed E-state index contributed by atoms with van der Waals surface area (Å²) in [4.78, 5) is 7.06. The molecule has 3 nitrogen and oxygen atoms in total. The highest BCUT2D eigenvalue weighted by Crippen LogP contribution is 2.32. The van der Waals surface area contributed by atoms with Gasteiger partial charge in [-0.05, 0) is 19.4 Å². The zero-order chi connectivity index (χ0) is 14.0. The van der Waals surface area contributed by atoms with E-state index >= 15 is 0 Å². The molecule has 0 radical (unpaired) electrons. The van der Waals surface area contributed by atoms with Crippen molar-refractivity contribution in [3.8, 4) is 0 Å². The molecule has 1 aliphatic rings. The molecular weight excluding hydrogens is 266 g/mol. The van der Waals surface area contributed by atoms with Crippen LogP contribution in [0.3, 0.4) is 0 Å². The first-order valence-electron chi connectivity index (χ1n) is 7.11. The van der Waals surface area contributed by atoms with Gasteiger partial charge in [0, 0.05) is 37.3 Å². The summed E-state index contributed by atoms with van der Waals surface area (Å²) < 4.78 is 0. The number of aromatic nitrogens is 1. The standard InChI is InChI=1S/C16H21N3S/c1-16(2,15-18-9-11-20-15)19-10-8-17-14(12-19)13-6-4-3-5-7-13/h3-7,9,11,14,17H,8,10,12H2,1-2H3. The molecule has 106 valence electrons. The van der Waals surface area contributed by atoms with Crippen LogP contribution in [0.5, 0.6) is 0 Å². The summed E-state index contributed by atoms with van der Waals surface area (Å²) in [6.07, 6.45) is 1.90. The van der Waals surface area contributed by atoms with Gasteiger partial charge in [-0.3, -0.25) is 4.90 Å². The number of hydrogen-bond donors (Lipinski definition) is 1. The lowest BCUT2D eigenvalue weighted by molar-refractivity contribution is 0.0804. The van der Waals surface area contributed by atoms with Crippen LogP contribution >= 0.6 is 11.3 Å². The van der Waals surface area contributed by atoms with E-state index in [4.69, 9.17) is 0 Å². The minimum atomic E-state index is 0.00327. The molecule has 1 saturated heterocycles. The third kappa shape index (κ3) is 2.64. The monoisotopic (exact) mass is 287 g/mol. The molecule has 20 heavy (non-hydrogen) atoms. The van der Waals surface area contributed by atoms with Crippen LogP contribution in [0.4, 0.5) is 0 Å². The van der Waals surface area contributed by atoms with Crippen molar-refractivity contribution < 1.29 is 0 Å². The van der Waals surface area contributed by atoms with Gasteiger partial charge in [0.15, 0.2) is 0 Å². The van der Waals surface area contributed by atoms with Gasteiger partial charge in [0.25, 0.3) is 0 Å². The van der Waals surface area contributed by atoms with Crippen LogP contribution in [0, 0.1) is 0 Å². The number of benzene rings is 1. The van der Waals surface area contributed by atoms with Gasteiger partial charge in [-0.15, -0.1) is 11.3 Å². The fourth-order valence-corrected chi connectivity index (χ4v) is 3.62. The molecule has 1 N–H and O–H groups in total. The number of nitrogens with one attached hydrogen (secondary N) is 1. The minimum Gasteiger partial charge on any atom is -0.308 e. The Morgan fingerprint density at radius 1 is 1.30 bits per heavy atom. The van der Waals surface area contributed by atoms with Gasteiger partial charge in [0.1, 0.15) is 5.01 Å². The van der Waals surface area contributed by atoms with Crippen molar-refractivity contribution in [2.75, 3.05) is 19.6 Å². The predicted molar refractivity (Wildman–Crippen MR) is 83.9 cm³/mol. The van der Waals surface area contributed by atoms with E-state index in [0.717, 1.165) is 19.6 Å². The lowest BCUT2D eigenvalue weighted by atomic mass is 9.98. The first kappa shape index (κ1) is 13.7. The Bertz CT molecular complexity index is 536. The van der Waals surface area contributed by atoms with Gasteiger partial charge in [0.2, 0.25) is 0 Å². The molecule has 1 fully saturated rings. The van der Waals surface area contributed by atoms with Crippen molar-refractivity contribution in [1.29, 1.82) is 0 Å². The number of thiazole rings is 1. The Kier molecular flexibility index (Phi) is 3.87. The van der Waals surface area contributed by atoms with Crippen molar-refractivity contribution in [2.45, 2.75) is 25.4 Å². The summed E-state index contributed by atoms with van der Waals surface area (Å²) in [5.41, 5.74) is 1.37. The van der Waals surface area contributed by atoms with Crippen molar-refractivity contribution >= 4 is 11.3 Å². The Morgan fingerprint density at radius 2 is 2.10 bits per heavy atom. The lowest BCUT2D eigenvalue weighted by Crippen LogP contribution is -2.53. The Balaban J connectivity index is 1.79. The highest BCUT2D eigenvalue weighted by atomic mass is 32.1. The molecule has 1 aromatic heterocycles. The summed E-state index contributed by atoms with van der Waals surface area (Å²) in [7, 11) is 0. The molecule has 2 aromatic rings. The second kappa shape index (κ2) is 5.64. The fourth-order valence-electron chi connectivity index (χ4n) is 2.83. The van der Waals surface area contributed by atoms with Crippen LogP contribution in [0.25, 0.3) is 0 Å². The zero-order valence-electron chi connectivity index (χ0n) is 12.0. The first-order chi connectivity index (χ1) is 9.68. The molecule has 1 aliphatic heterocycles. The van der Waals surface area contributed by atoms with Crippen molar-refractivity contribution in [3.05, 3.63) is 52.5 Å². The Morgan fingerprint density at radius 3 is 2.80 bits per heavy atom. The Hall–Kier alpha value is -1.23. The highest BCUT2D eigenvalue weighted by Gasteiger charge is 2.34. The Labute approximate surface area is 124 Å². The van der Waals surface area contributed by atoms with E-state index in [1.165, 1.54) is 10.6 Å². The van der Waals surface area contributed by atoms with Crippen molar-refractivity contribution in [3.63, 3.8) is 0 Å². The van der Waals surface area contributed by atoms with E-state index in [9.17, 15) is 0 Å². The third-order valence-electron chi connectivity index (χ3n) is 4.12. The van der Waals surface area contributed by atoms with Gasteiger partial charge < -0.3 is 5.32 Å². The normalized spacial score (nSPS) is 21.0. The van der Waals surface area contributed by atoms with E-state index in [2.05, 4.69) is 64.8 Å². The highest BCUT2D eigenvalue weighted by molar-refractivity contribution is 7.09. The number of nitrogens with zero attached hydrogens (tertiary/aromatic N) is 2. The maximum absolute atomic E-state index is 4.52. The molecule has 3 rings (SSSR count). The number of piperazine rings is 1. The van der Waals surface area contributed by atoms with E-state index in [0.29, 0.717) is 6.04 Å². The molecule has 4 heteroatoms. The van der Waals surface area contributed by atoms with Crippen LogP contribution in [0.1, 0.15) is 30.5 Å². The number of rotatable bonds is 3. The van der Waals surface area contributed by atoms with E-state index in [1.807, 2.05) is 6.20 Å². The molecule has 0 bridgehead atoms. The minimum absolute atomic E-state index is 0.00327. The maximum Gasteiger partial charge on any atom is 0.112 e. The molecule has 0 amide bonds. The van der Waals surface area contributed by atoms with Gasteiger partial charge in [0.05, 0.1) is 5.54 Å². The second-order valence-corrected chi connectivity index (χ2v) is 6.65. The van der Waals surface area contributed by atoms with Crippen LogP contribution < -0.4 is 5.32 Å². The van der Waals surface area contributed by atoms with Crippen LogP contribution in [0.2, 0.25) is 0 Å². The molecule has 2 heterocycles. The van der Waals surface area contributed by atoms with E-state index < -0.39 is 0 Å². The third-order valence-corrected chi connectivity index (χ3v) is 5.21. The quantitative estimate of drug-likeness (QED) is 0.940. The average Bonchev–Trinajstić information content (AvgIpc) is 3.03. The summed E-state index contributed by atoms with van der Waals surface area (Å²) >= 11 is 1.75. The molecule has 0 aliphatic carbocycles. The summed E-state index contributed by atoms with van der Waals surface area (Å²) in [5.74, 6) is 0. The van der Waals surface area contributed by atoms with Crippen molar-refractivity contribution in [2.24, 2.45) is 0 Å². The van der Waals surface area contributed by atoms with Crippen LogP contribution in [0.15, 0.2) is 41.9 Å². The lowest BCUT2D eigenvalue weighted by Gasteiger charge is -2.43. The fraction of sp³-hybridized carbons (Fsp3) is 0.438. The largest absolute Gasteiger partial charge is 0.308 e. The summed E-state index contributed by atoms with van der Waals surface area (Å²) in [6, 6.07) is 11.1. The molecule has 1 atom stereocenters. The van der Waals surface area contributed by atoms with E-state index in [1.54, 1.807) is 11.3 Å². The van der Waals surface area contributed by atoms with Crippen LogP contribution in [-0.4, -0.2) is 29.5 Å². The predicted octanol–water partition coefficient (Wildman–Crippen LogP) is 3.02. The molecule has 1 unspecified atom stereocenters. The topological polar surface area (TPSA) is 28.2 Å². The molecule has 0 spiro atoms. The number of hydrogen-bond acceptors (Lipinski definition) is 4. The van der Waals surface area contributed by atoms with Gasteiger partial charge in [-0.25, -0.2) is 4.98 Å². The average molecular weight is 287 g/mol. The van der Waals surface area contributed by atoms with Gasteiger partial charge in [-0.2, -0.15) is 0 Å². The first-order valence-corrected chi connectivity index (χ1v) is 7.99. The zero-order valence-corrected chi connectivity index (χ0v) is 12.9. The maximum atomic E-state index is 4.52. The van der Waals surface area contributed by atoms with Gasteiger partial charge >= 0.3 is 0 Å². The molecule has 0 saturated carbocycles. The summed E-state index contributed by atoms with van der Waals surface area (Å²) in [5, 5.41) is 6.89. The molecule has 1 aromatic carbocycles. The summed E-state index contributed by atoms with van der Waals surface area (Å²) in [6.45, 7) is 7.67. The molecular formula is C16H21N3S. The second-order valence-electron chi connectivity index (χ2n) is 5.76. The SMILES string of the molecule is CC(C)(c1nccs1)N1CCNC(c2ccccc2)C1. The van der Waals surface area contributed by atoms with Gasteiger partial charge in [-0.1, -0.05) is 30.3 Å². The van der Waals surface area contributed by atoms with Crippen LogP contribution in [-0.2, 0) is 5.54 Å². The van der Waals surface area contributed by atoms with Crippen molar-refractivity contribution in [1.82, 2.24) is 15.2 Å².